The summed E-state index contributed by atoms with van der Waals surface area (Å²) in [6.45, 7) is 0. The smallest absolute Gasteiger partial charge is 0.164 e. The second-order valence-electron chi connectivity index (χ2n) is 11.7. The Kier molecular flexibility index (Phi) is 8.20. The Morgan fingerprint density at radius 2 is 0.680 bits per heavy atom. The minimum absolute atomic E-state index is 0.540. The van der Waals surface area contributed by atoms with Crippen LogP contribution in [-0.4, -0.2) is 24.9 Å². The van der Waals surface area contributed by atoms with Gasteiger partial charge < -0.3 is 0 Å². The summed E-state index contributed by atoms with van der Waals surface area (Å²) in [6.07, 6.45) is 0. The van der Waals surface area contributed by atoms with Crippen LogP contribution in [0.15, 0.2) is 170 Å². The van der Waals surface area contributed by atoms with Crippen molar-refractivity contribution in [1.29, 1.82) is 5.26 Å². The van der Waals surface area contributed by atoms with Gasteiger partial charge in [0.05, 0.1) is 23.0 Å². The average Bonchev–Trinajstić information content (AvgIpc) is 3.21. The summed E-state index contributed by atoms with van der Waals surface area (Å²) in [6, 6.07) is 58.3. The first-order valence-corrected chi connectivity index (χ1v) is 16.2. The molecule has 0 aliphatic carbocycles. The third-order valence-corrected chi connectivity index (χ3v) is 8.38. The molecule has 0 aliphatic heterocycles. The van der Waals surface area contributed by atoms with E-state index in [1.54, 1.807) is 12.1 Å². The molecule has 50 heavy (non-hydrogen) atoms. The predicted octanol–water partition coefficient (Wildman–Crippen LogP) is 10.2. The van der Waals surface area contributed by atoms with Crippen molar-refractivity contribution in [2.75, 3.05) is 0 Å². The molecule has 6 nitrogen and oxygen atoms in total. The van der Waals surface area contributed by atoms with E-state index in [-0.39, 0.29) is 0 Å². The molecule has 0 unspecified atom stereocenters. The van der Waals surface area contributed by atoms with Crippen LogP contribution in [0.25, 0.3) is 79.2 Å². The van der Waals surface area contributed by atoms with E-state index in [2.05, 4.69) is 60.7 Å². The van der Waals surface area contributed by atoms with Crippen molar-refractivity contribution in [3.05, 3.63) is 175 Å². The molecule has 0 atom stereocenters. The van der Waals surface area contributed by atoms with Crippen LogP contribution in [0.1, 0.15) is 5.56 Å². The lowest BCUT2D eigenvalue weighted by atomic mass is 9.99. The topological polar surface area (TPSA) is 88.2 Å². The third-order valence-electron chi connectivity index (χ3n) is 8.38. The summed E-state index contributed by atoms with van der Waals surface area (Å²) >= 11 is 0. The van der Waals surface area contributed by atoms with Crippen LogP contribution in [0.3, 0.4) is 0 Å². The van der Waals surface area contributed by atoms with E-state index in [1.165, 1.54) is 0 Å². The van der Waals surface area contributed by atoms with Gasteiger partial charge in [-0.2, -0.15) is 5.26 Å². The zero-order valence-electron chi connectivity index (χ0n) is 26.8. The molecule has 0 N–H and O–H groups in total. The Balaban J connectivity index is 1.20. The van der Waals surface area contributed by atoms with Gasteiger partial charge in [-0.15, -0.1) is 0 Å². The number of aromatic nitrogens is 5. The number of nitriles is 1. The Labute approximate surface area is 290 Å². The second kappa shape index (κ2) is 13.6. The number of benzene rings is 6. The van der Waals surface area contributed by atoms with E-state index in [4.69, 9.17) is 24.9 Å². The first-order valence-electron chi connectivity index (χ1n) is 16.2. The van der Waals surface area contributed by atoms with Crippen LogP contribution in [0, 0.1) is 11.3 Å². The lowest BCUT2D eigenvalue weighted by Gasteiger charge is -2.11. The van der Waals surface area contributed by atoms with E-state index in [0.717, 1.165) is 55.9 Å². The predicted molar refractivity (Wildman–Crippen MR) is 198 cm³/mol. The van der Waals surface area contributed by atoms with Crippen molar-refractivity contribution in [2.45, 2.75) is 0 Å². The lowest BCUT2D eigenvalue weighted by molar-refractivity contribution is 1.07. The fourth-order valence-corrected chi connectivity index (χ4v) is 5.81. The van der Waals surface area contributed by atoms with Crippen LogP contribution in [0.5, 0.6) is 0 Å². The van der Waals surface area contributed by atoms with Crippen LogP contribution >= 0.6 is 0 Å². The Hall–Kier alpha value is -7.10. The SMILES string of the molecule is N#Cc1ccc(-c2nc(-c3ccccc3)nc(-c3cccc(-c4cccc(-c5cc(-c6ccccc6)nc(-c6ccccc6)n5)c4)c3)n2)cc1. The highest BCUT2D eigenvalue weighted by molar-refractivity contribution is 5.78. The largest absolute Gasteiger partial charge is 0.228 e. The van der Waals surface area contributed by atoms with Crippen molar-refractivity contribution in [1.82, 2.24) is 24.9 Å². The number of hydrogen-bond acceptors (Lipinski definition) is 6. The zero-order valence-corrected chi connectivity index (χ0v) is 26.8. The van der Waals surface area contributed by atoms with Gasteiger partial charge in [-0.25, -0.2) is 24.9 Å². The molecule has 0 radical (unpaired) electrons. The fraction of sp³-hybridized carbons (Fsp3) is 0. The van der Waals surface area contributed by atoms with Gasteiger partial charge in [-0.1, -0.05) is 127 Å². The molecule has 0 spiro atoms. The molecule has 234 valence electrons. The minimum Gasteiger partial charge on any atom is -0.228 e. The van der Waals surface area contributed by atoms with Crippen molar-refractivity contribution >= 4 is 0 Å². The molecule has 2 heterocycles. The van der Waals surface area contributed by atoms with Crippen LogP contribution in [-0.2, 0) is 0 Å². The minimum atomic E-state index is 0.540. The van der Waals surface area contributed by atoms with E-state index in [1.807, 2.05) is 103 Å². The summed E-state index contributed by atoms with van der Waals surface area (Å²) in [5.74, 6) is 2.36. The maximum Gasteiger partial charge on any atom is 0.164 e. The molecule has 0 saturated carbocycles. The molecular formula is C44H28N6. The van der Waals surface area contributed by atoms with E-state index in [0.29, 0.717) is 28.9 Å². The summed E-state index contributed by atoms with van der Waals surface area (Å²) < 4.78 is 0. The van der Waals surface area contributed by atoms with E-state index < -0.39 is 0 Å². The van der Waals surface area contributed by atoms with Crippen LogP contribution < -0.4 is 0 Å². The van der Waals surface area contributed by atoms with Crippen LogP contribution in [0.2, 0.25) is 0 Å². The van der Waals surface area contributed by atoms with Crippen molar-refractivity contribution in [3.8, 4) is 85.3 Å². The zero-order chi connectivity index (χ0) is 33.7. The summed E-state index contributed by atoms with van der Waals surface area (Å²) in [4.78, 5) is 24.6. The molecule has 0 amide bonds. The van der Waals surface area contributed by atoms with Crippen molar-refractivity contribution < 1.29 is 0 Å². The molecule has 0 aliphatic rings. The first kappa shape index (κ1) is 30.2. The molecule has 0 saturated heterocycles. The van der Waals surface area contributed by atoms with Gasteiger partial charge in [0.2, 0.25) is 0 Å². The molecular weight excluding hydrogens is 613 g/mol. The molecule has 8 aromatic rings. The van der Waals surface area contributed by atoms with Gasteiger partial charge in [-0.05, 0) is 53.6 Å². The number of rotatable bonds is 7. The monoisotopic (exact) mass is 640 g/mol. The highest BCUT2D eigenvalue weighted by Gasteiger charge is 2.15. The Morgan fingerprint density at radius 3 is 1.22 bits per heavy atom. The maximum atomic E-state index is 9.31. The van der Waals surface area contributed by atoms with Gasteiger partial charge in [0, 0.05) is 33.4 Å². The van der Waals surface area contributed by atoms with E-state index >= 15 is 0 Å². The Morgan fingerprint density at radius 1 is 0.300 bits per heavy atom. The molecule has 8 rings (SSSR count). The fourth-order valence-electron chi connectivity index (χ4n) is 5.81. The normalized spacial score (nSPS) is 10.8. The quantitative estimate of drug-likeness (QED) is 0.172. The van der Waals surface area contributed by atoms with Gasteiger partial charge in [0.1, 0.15) is 0 Å². The molecule has 6 aromatic carbocycles. The molecule has 6 heteroatoms. The summed E-state index contributed by atoms with van der Waals surface area (Å²) in [7, 11) is 0. The van der Waals surface area contributed by atoms with Gasteiger partial charge >= 0.3 is 0 Å². The highest BCUT2D eigenvalue weighted by Crippen LogP contribution is 2.32. The van der Waals surface area contributed by atoms with Gasteiger partial charge in [-0.3, -0.25) is 0 Å². The second-order valence-corrected chi connectivity index (χ2v) is 11.7. The average molecular weight is 641 g/mol. The number of hydrogen-bond donors (Lipinski definition) is 0. The maximum absolute atomic E-state index is 9.31. The molecule has 2 aromatic heterocycles. The Bertz CT molecular complexity index is 2420. The third kappa shape index (κ3) is 6.40. The van der Waals surface area contributed by atoms with E-state index in [9.17, 15) is 5.26 Å². The van der Waals surface area contributed by atoms with Crippen LogP contribution in [0.4, 0.5) is 0 Å². The molecule has 0 fully saturated rings. The number of nitrogens with zero attached hydrogens (tertiary/aromatic N) is 6. The van der Waals surface area contributed by atoms with Crippen molar-refractivity contribution in [2.24, 2.45) is 0 Å². The highest BCUT2D eigenvalue weighted by atomic mass is 15.0. The summed E-state index contributed by atoms with van der Waals surface area (Å²) in [5, 5.41) is 9.31. The lowest BCUT2D eigenvalue weighted by Crippen LogP contribution is -2.00. The molecule has 0 bridgehead atoms. The summed E-state index contributed by atoms with van der Waals surface area (Å²) in [5.41, 5.74) is 9.89. The van der Waals surface area contributed by atoms with Crippen molar-refractivity contribution in [3.63, 3.8) is 0 Å². The van der Waals surface area contributed by atoms with Gasteiger partial charge in [0.15, 0.2) is 23.3 Å². The van der Waals surface area contributed by atoms with Gasteiger partial charge in [0.25, 0.3) is 0 Å². The standard InChI is InChI=1S/C44H28N6/c45-29-30-22-24-34(25-23-30)43-48-42(33-16-8-3-9-17-33)49-44(50-43)38-21-11-19-36(27-38)35-18-10-20-37(26-35)40-28-39(31-12-4-1-5-13-31)46-41(47-40)32-14-6-2-7-15-32/h1-28H. The first-order chi connectivity index (χ1) is 24.7.